The van der Waals surface area contributed by atoms with E-state index >= 15 is 0 Å². The molecule has 66 valence electrons. The van der Waals surface area contributed by atoms with Crippen molar-refractivity contribution in [2.75, 3.05) is 6.54 Å². The maximum absolute atomic E-state index is 10.4. The van der Waals surface area contributed by atoms with E-state index in [0.717, 1.165) is 11.8 Å². The van der Waals surface area contributed by atoms with Gasteiger partial charge in [-0.25, -0.2) is 4.99 Å². The molecule has 1 aliphatic heterocycles. The number of aldehydes is 1. The summed E-state index contributed by atoms with van der Waals surface area (Å²) in [5, 5.41) is 0. The first-order chi connectivity index (χ1) is 6.40. The van der Waals surface area contributed by atoms with E-state index in [9.17, 15) is 4.79 Å². The third-order valence-corrected chi connectivity index (χ3v) is 1.85. The van der Waals surface area contributed by atoms with Crippen molar-refractivity contribution < 1.29 is 9.53 Å². The Morgan fingerprint density at radius 3 is 2.77 bits per heavy atom. The maximum Gasteiger partial charge on any atom is 0.216 e. The standard InChI is InChI=1S/C10H9NO2/c12-7-9-6-11-10(13-9)8-4-2-1-3-5-8/h1-5,7,9H,6H2. The summed E-state index contributed by atoms with van der Waals surface area (Å²) in [5.41, 5.74) is 0.923. The Hall–Kier alpha value is -1.64. The molecule has 3 nitrogen and oxygen atoms in total. The van der Waals surface area contributed by atoms with Gasteiger partial charge < -0.3 is 4.74 Å². The van der Waals surface area contributed by atoms with E-state index in [4.69, 9.17) is 4.74 Å². The van der Waals surface area contributed by atoms with Crippen LogP contribution in [0.3, 0.4) is 0 Å². The summed E-state index contributed by atoms with van der Waals surface area (Å²) in [6, 6.07) is 9.57. The minimum absolute atomic E-state index is 0.393. The topological polar surface area (TPSA) is 38.7 Å². The Kier molecular flexibility index (Phi) is 2.08. The fourth-order valence-electron chi connectivity index (χ4n) is 1.20. The molecule has 0 bridgehead atoms. The van der Waals surface area contributed by atoms with Crippen molar-refractivity contribution in [3.63, 3.8) is 0 Å². The summed E-state index contributed by atoms with van der Waals surface area (Å²) in [4.78, 5) is 14.5. The van der Waals surface area contributed by atoms with Crippen LogP contribution in [0, 0.1) is 0 Å². The van der Waals surface area contributed by atoms with E-state index in [1.54, 1.807) is 0 Å². The molecule has 1 atom stereocenters. The van der Waals surface area contributed by atoms with Crippen LogP contribution in [0.2, 0.25) is 0 Å². The van der Waals surface area contributed by atoms with Gasteiger partial charge >= 0.3 is 0 Å². The molecule has 0 amide bonds. The molecule has 0 spiro atoms. The van der Waals surface area contributed by atoms with Gasteiger partial charge in [0, 0.05) is 5.56 Å². The van der Waals surface area contributed by atoms with Gasteiger partial charge in [-0.05, 0) is 12.1 Å². The molecule has 1 unspecified atom stereocenters. The summed E-state index contributed by atoms with van der Waals surface area (Å²) in [6.07, 6.45) is 0.384. The lowest BCUT2D eigenvalue weighted by Gasteiger charge is -2.03. The first kappa shape index (κ1) is 7.98. The number of aliphatic imine (C=N–C) groups is 1. The monoisotopic (exact) mass is 175 g/mol. The van der Waals surface area contributed by atoms with Crippen molar-refractivity contribution >= 4 is 12.2 Å². The third-order valence-electron chi connectivity index (χ3n) is 1.85. The summed E-state index contributed by atoms with van der Waals surface area (Å²) < 4.78 is 5.28. The molecule has 0 fully saturated rings. The first-order valence-corrected chi connectivity index (χ1v) is 4.12. The number of carbonyl (C=O) groups excluding carboxylic acids is 1. The highest BCUT2D eigenvalue weighted by Gasteiger charge is 2.19. The van der Waals surface area contributed by atoms with Gasteiger partial charge in [0.05, 0.1) is 6.54 Å². The van der Waals surface area contributed by atoms with E-state index in [2.05, 4.69) is 4.99 Å². The number of nitrogens with zero attached hydrogens (tertiary/aromatic N) is 1. The van der Waals surface area contributed by atoms with E-state index in [0.29, 0.717) is 12.4 Å². The van der Waals surface area contributed by atoms with Gasteiger partial charge in [-0.2, -0.15) is 0 Å². The lowest BCUT2D eigenvalue weighted by atomic mass is 10.2. The average Bonchev–Trinajstić information content (AvgIpc) is 2.67. The van der Waals surface area contributed by atoms with Crippen molar-refractivity contribution in [1.29, 1.82) is 0 Å². The lowest BCUT2D eigenvalue weighted by molar-refractivity contribution is -0.113. The number of carbonyl (C=O) groups is 1. The molecule has 0 saturated carbocycles. The van der Waals surface area contributed by atoms with Gasteiger partial charge in [0.25, 0.3) is 0 Å². The zero-order valence-corrected chi connectivity index (χ0v) is 7.01. The number of rotatable bonds is 2. The Labute approximate surface area is 76.1 Å². The molecule has 1 heterocycles. The van der Waals surface area contributed by atoms with Gasteiger partial charge in [-0.15, -0.1) is 0 Å². The van der Waals surface area contributed by atoms with E-state index in [1.807, 2.05) is 30.3 Å². The highest BCUT2D eigenvalue weighted by molar-refractivity contribution is 5.96. The second kappa shape index (κ2) is 3.39. The van der Waals surface area contributed by atoms with Gasteiger partial charge in [0.15, 0.2) is 12.4 Å². The Morgan fingerprint density at radius 1 is 1.38 bits per heavy atom. The van der Waals surface area contributed by atoms with Crippen molar-refractivity contribution in [3.8, 4) is 0 Å². The molecule has 0 N–H and O–H groups in total. The first-order valence-electron chi connectivity index (χ1n) is 4.12. The molecule has 0 saturated heterocycles. The smallest absolute Gasteiger partial charge is 0.216 e. The van der Waals surface area contributed by atoms with Gasteiger partial charge in [-0.1, -0.05) is 18.2 Å². The van der Waals surface area contributed by atoms with Crippen LogP contribution in [0.4, 0.5) is 0 Å². The van der Waals surface area contributed by atoms with Gasteiger partial charge in [0.1, 0.15) is 0 Å². The Balaban J connectivity index is 2.17. The SMILES string of the molecule is O=CC1CN=C(c2ccccc2)O1. The highest BCUT2D eigenvalue weighted by atomic mass is 16.5. The van der Waals surface area contributed by atoms with Crippen LogP contribution in [0.1, 0.15) is 5.56 Å². The van der Waals surface area contributed by atoms with Crippen LogP contribution in [0.15, 0.2) is 35.3 Å². The average molecular weight is 175 g/mol. The maximum atomic E-state index is 10.4. The van der Waals surface area contributed by atoms with Crippen molar-refractivity contribution in [2.24, 2.45) is 4.99 Å². The van der Waals surface area contributed by atoms with Crippen molar-refractivity contribution in [2.45, 2.75) is 6.10 Å². The molecule has 2 rings (SSSR count). The second-order valence-electron chi connectivity index (χ2n) is 2.80. The second-order valence-corrected chi connectivity index (χ2v) is 2.80. The number of hydrogen-bond donors (Lipinski definition) is 0. The third kappa shape index (κ3) is 1.59. The number of benzene rings is 1. The van der Waals surface area contributed by atoms with Crippen LogP contribution < -0.4 is 0 Å². The zero-order chi connectivity index (χ0) is 9.10. The van der Waals surface area contributed by atoms with E-state index in [-0.39, 0.29) is 0 Å². The summed E-state index contributed by atoms with van der Waals surface area (Å²) in [6.45, 7) is 0.438. The van der Waals surface area contributed by atoms with Crippen LogP contribution in [0.25, 0.3) is 0 Å². The normalized spacial score (nSPS) is 20.6. The largest absolute Gasteiger partial charge is 0.464 e. The van der Waals surface area contributed by atoms with Gasteiger partial charge in [0.2, 0.25) is 5.90 Å². The predicted octanol–water partition coefficient (Wildman–Crippen LogP) is 1.03. The highest BCUT2D eigenvalue weighted by Crippen LogP contribution is 2.10. The van der Waals surface area contributed by atoms with E-state index in [1.165, 1.54) is 0 Å². The molecule has 13 heavy (non-hydrogen) atoms. The predicted molar refractivity (Wildman–Crippen MR) is 48.8 cm³/mol. The number of ether oxygens (including phenoxy) is 1. The lowest BCUT2D eigenvalue weighted by Crippen LogP contribution is -2.14. The van der Waals surface area contributed by atoms with Crippen LogP contribution >= 0.6 is 0 Å². The summed E-state index contributed by atoms with van der Waals surface area (Å²) in [7, 11) is 0. The molecule has 0 aliphatic carbocycles. The molecule has 0 radical (unpaired) electrons. The minimum Gasteiger partial charge on any atom is -0.464 e. The van der Waals surface area contributed by atoms with Gasteiger partial charge in [-0.3, -0.25) is 4.79 Å². The minimum atomic E-state index is -0.393. The van der Waals surface area contributed by atoms with Crippen molar-refractivity contribution in [3.05, 3.63) is 35.9 Å². The quantitative estimate of drug-likeness (QED) is 0.630. The zero-order valence-electron chi connectivity index (χ0n) is 7.01. The summed E-state index contributed by atoms with van der Waals surface area (Å²) >= 11 is 0. The van der Waals surface area contributed by atoms with Crippen LogP contribution in [-0.4, -0.2) is 24.8 Å². The van der Waals surface area contributed by atoms with Crippen molar-refractivity contribution in [1.82, 2.24) is 0 Å². The molecule has 0 aromatic heterocycles. The summed E-state index contributed by atoms with van der Waals surface area (Å²) in [5.74, 6) is 0.567. The molecule has 3 heteroatoms. The Morgan fingerprint density at radius 2 is 2.15 bits per heavy atom. The van der Waals surface area contributed by atoms with Crippen LogP contribution in [0.5, 0.6) is 0 Å². The van der Waals surface area contributed by atoms with Crippen LogP contribution in [-0.2, 0) is 9.53 Å². The fourth-order valence-corrected chi connectivity index (χ4v) is 1.20. The molecular weight excluding hydrogens is 166 g/mol. The Bertz CT molecular complexity index is 332. The molecule has 1 aromatic rings. The van der Waals surface area contributed by atoms with E-state index < -0.39 is 6.10 Å². The molecule has 1 aromatic carbocycles. The molecule has 1 aliphatic rings. The molecular formula is C10H9NO2. The number of hydrogen-bond acceptors (Lipinski definition) is 3. The fraction of sp³-hybridized carbons (Fsp3) is 0.200.